The van der Waals surface area contributed by atoms with Crippen molar-refractivity contribution in [3.05, 3.63) is 27.1 Å². The van der Waals surface area contributed by atoms with E-state index in [2.05, 4.69) is 4.98 Å². The molecule has 26 heavy (non-hydrogen) atoms. The van der Waals surface area contributed by atoms with E-state index in [0.717, 1.165) is 11.3 Å². The van der Waals surface area contributed by atoms with E-state index in [9.17, 15) is 14.4 Å². The van der Waals surface area contributed by atoms with Crippen LogP contribution in [0.3, 0.4) is 0 Å². The molecule has 7 nitrogen and oxygen atoms in total. The maximum absolute atomic E-state index is 12.9. The second-order valence-electron chi connectivity index (χ2n) is 6.85. The van der Waals surface area contributed by atoms with Gasteiger partial charge in [-0.2, -0.15) is 0 Å². The first-order chi connectivity index (χ1) is 12.1. The first-order valence-corrected chi connectivity index (χ1v) is 9.33. The number of ether oxygens (including phenoxy) is 2. The van der Waals surface area contributed by atoms with Crippen molar-refractivity contribution in [1.82, 2.24) is 9.55 Å². The maximum Gasteiger partial charge on any atom is 0.348 e. The number of thiophene rings is 1. The third kappa shape index (κ3) is 4.12. The number of aryl methyl sites for hydroxylation is 1. The third-order valence-corrected chi connectivity index (χ3v) is 4.90. The Morgan fingerprint density at radius 3 is 2.46 bits per heavy atom. The molecule has 0 aliphatic rings. The van der Waals surface area contributed by atoms with Gasteiger partial charge >= 0.3 is 11.9 Å². The van der Waals surface area contributed by atoms with Crippen molar-refractivity contribution >= 4 is 33.5 Å². The largest absolute Gasteiger partial charge is 0.464 e. The van der Waals surface area contributed by atoms with Crippen LogP contribution in [0.25, 0.3) is 10.2 Å². The van der Waals surface area contributed by atoms with Gasteiger partial charge in [-0.05, 0) is 39.2 Å². The highest BCUT2D eigenvalue weighted by molar-refractivity contribution is 7.20. The first kappa shape index (κ1) is 20.1. The van der Waals surface area contributed by atoms with Crippen molar-refractivity contribution in [3.8, 4) is 0 Å². The van der Waals surface area contributed by atoms with Crippen LogP contribution >= 0.6 is 11.3 Å². The van der Waals surface area contributed by atoms with E-state index in [-0.39, 0.29) is 24.2 Å². The Kier molecular flexibility index (Phi) is 6.17. The highest BCUT2D eigenvalue weighted by atomic mass is 32.1. The summed E-state index contributed by atoms with van der Waals surface area (Å²) < 4.78 is 11.7. The summed E-state index contributed by atoms with van der Waals surface area (Å²) >= 11 is 1.12. The van der Waals surface area contributed by atoms with Gasteiger partial charge in [-0.3, -0.25) is 9.36 Å². The Bertz CT molecular complexity index is 882. The van der Waals surface area contributed by atoms with Crippen molar-refractivity contribution in [3.63, 3.8) is 0 Å². The molecule has 2 rings (SSSR count). The summed E-state index contributed by atoms with van der Waals surface area (Å²) in [4.78, 5) is 42.3. The van der Waals surface area contributed by atoms with Gasteiger partial charge in [0.25, 0.3) is 5.56 Å². The number of carbonyl (C=O) groups excluding carboxylic acids is 2. The number of nitrogens with zero attached hydrogens (tertiary/aromatic N) is 2. The molecule has 0 saturated heterocycles. The molecule has 2 aromatic rings. The van der Waals surface area contributed by atoms with E-state index < -0.39 is 18.0 Å². The molecule has 0 aliphatic heterocycles. The minimum absolute atomic E-state index is 0.206. The zero-order valence-electron chi connectivity index (χ0n) is 15.9. The monoisotopic (exact) mass is 380 g/mol. The number of hydrogen-bond acceptors (Lipinski definition) is 7. The number of fused-ring (bicyclic) bond motifs is 1. The Labute approximate surface area is 155 Å². The Morgan fingerprint density at radius 2 is 1.88 bits per heavy atom. The predicted molar refractivity (Wildman–Crippen MR) is 99.7 cm³/mol. The number of aromatic nitrogens is 2. The molecule has 0 fully saturated rings. The van der Waals surface area contributed by atoms with Crippen molar-refractivity contribution in [1.29, 1.82) is 0 Å². The number of rotatable bonds is 6. The van der Waals surface area contributed by atoms with Gasteiger partial charge in [0, 0.05) is 0 Å². The molecule has 2 heterocycles. The molecule has 0 radical (unpaired) electrons. The van der Waals surface area contributed by atoms with Crippen LogP contribution in [0.15, 0.2) is 11.1 Å². The summed E-state index contributed by atoms with van der Waals surface area (Å²) in [5.74, 6) is -0.762. The molecule has 8 heteroatoms. The normalized spacial score (nSPS) is 12.6. The molecule has 0 N–H and O–H groups in total. The van der Waals surface area contributed by atoms with E-state index >= 15 is 0 Å². The smallest absolute Gasteiger partial charge is 0.348 e. The van der Waals surface area contributed by atoms with Crippen LogP contribution in [0.4, 0.5) is 0 Å². The minimum atomic E-state index is -0.802. The lowest BCUT2D eigenvalue weighted by Crippen LogP contribution is -2.30. The van der Waals surface area contributed by atoms with Crippen LogP contribution in [0.2, 0.25) is 0 Å². The summed E-state index contributed by atoms with van der Waals surface area (Å²) in [5, 5.41) is 0.330. The molecule has 142 valence electrons. The number of carbonyl (C=O) groups is 2. The molecule has 0 aromatic carbocycles. The lowest BCUT2D eigenvalue weighted by Gasteiger charge is -2.15. The highest BCUT2D eigenvalue weighted by Crippen LogP contribution is 2.28. The minimum Gasteiger partial charge on any atom is -0.464 e. The molecule has 0 saturated carbocycles. The summed E-state index contributed by atoms with van der Waals surface area (Å²) in [6.07, 6.45) is 1.06. The van der Waals surface area contributed by atoms with Crippen molar-refractivity contribution in [2.75, 3.05) is 6.61 Å². The van der Waals surface area contributed by atoms with E-state index in [1.807, 2.05) is 13.8 Å². The molecule has 1 atom stereocenters. The van der Waals surface area contributed by atoms with Gasteiger partial charge in [0.15, 0.2) is 0 Å². The third-order valence-electron chi connectivity index (χ3n) is 3.72. The molecule has 2 aromatic heterocycles. The average Bonchev–Trinajstić information content (AvgIpc) is 2.89. The van der Waals surface area contributed by atoms with Crippen LogP contribution in [0.5, 0.6) is 0 Å². The van der Waals surface area contributed by atoms with Crippen molar-refractivity contribution in [2.45, 2.75) is 53.7 Å². The SMILES string of the molecule is Cc1c(C(=O)OC(C)C)sc2ncn(C(C)C(=O)OCC(C)C)c(=O)c12. The van der Waals surface area contributed by atoms with E-state index in [1.165, 1.54) is 10.9 Å². The van der Waals surface area contributed by atoms with Crippen LogP contribution < -0.4 is 5.56 Å². The van der Waals surface area contributed by atoms with Gasteiger partial charge in [0.1, 0.15) is 15.7 Å². The Morgan fingerprint density at radius 1 is 1.23 bits per heavy atom. The van der Waals surface area contributed by atoms with Gasteiger partial charge in [-0.15, -0.1) is 11.3 Å². The molecular formula is C18H24N2O5S. The summed E-state index contributed by atoms with van der Waals surface area (Å²) in [6.45, 7) is 11.0. The van der Waals surface area contributed by atoms with Crippen LogP contribution in [-0.2, 0) is 14.3 Å². The Balaban J connectivity index is 2.41. The second kappa shape index (κ2) is 7.99. The summed E-state index contributed by atoms with van der Waals surface area (Å²) in [5.41, 5.74) is 0.145. The summed E-state index contributed by atoms with van der Waals surface area (Å²) in [6, 6.07) is -0.802. The highest BCUT2D eigenvalue weighted by Gasteiger charge is 2.24. The number of hydrogen-bond donors (Lipinski definition) is 0. The van der Waals surface area contributed by atoms with E-state index in [4.69, 9.17) is 9.47 Å². The lowest BCUT2D eigenvalue weighted by atomic mass is 10.2. The Hall–Kier alpha value is -2.22. The van der Waals surface area contributed by atoms with Gasteiger partial charge in [0.05, 0.1) is 24.4 Å². The van der Waals surface area contributed by atoms with Crippen LogP contribution in [0.1, 0.15) is 55.9 Å². The molecule has 0 spiro atoms. The van der Waals surface area contributed by atoms with Crippen molar-refractivity contribution in [2.24, 2.45) is 5.92 Å². The van der Waals surface area contributed by atoms with Gasteiger partial charge in [-0.1, -0.05) is 13.8 Å². The van der Waals surface area contributed by atoms with E-state index in [0.29, 0.717) is 20.7 Å². The first-order valence-electron chi connectivity index (χ1n) is 8.51. The quantitative estimate of drug-likeness (QED) is 0.716. The predicted octanol–water partition coefficient (Wildman–Crippen LogP) is 3.09. The molecule has 1 unspecified atom stereocenters. The van der Waals surface area contributed by atoms with Crippen molar-refractivity contribution < 1.29 is 19.1 Å². The second-order valence-corrected chi connectivity index (χ2v) is 7.85. The fourth-order valence-corrected chi connectivity index (χ4v) is 3.38. The number of esters is 2. The fraction of sp³-hybridized carbons (Fsp3) is 0.556. The zero-order valence-corrected chi connectivity index (χ0v) is 16.7. The van der Waals surface area contributed by atoms with Gasteiger partial charge < -0.3 is 9.47 Å². The van der Waals surface area contributed by atoms with E-state index in [1.54, 1.807) is 27.7 Å². The molecule has 0 amide bonds. The van der Waals surface area contributed by atoms with Gasteiger partial charge in [-0.25, -0.2) is 14.6 Å². The molecular weight excluding hydrogens is 356 g/mol. The standard InChI is InChI=1S/C18H24N2O5S/c1-9(2)7-24-17(22)12(6)20-8-19-15-13(16(20)21)11(5)14(26-15)18(23)25-10(3)4/h8-10,12H,7H2,1-6H3. The molecule has 0 aliphatic carbocycles. The van der Waals surface area contributed by atoms with Gasteiger partial charge in [0.2, 0.25) is 0 Å². The van der Waals surface area contributed by atoms with Crippen LogP contribution in [-0.4, -0.2) is 34.2 Å². The average molecular weight is 380 g/mol. The lowest BCUT2D eigenvalue weighted by molar-refractivity contribution is -0.148. The fourth-order valence-electron chi connectivity index (χ4n) is 2.36. The maximum atomic E-state index is 12.9. The topological polar surface area (TPSA) is 87.5 Å². The summed E-state index contributed by atoms with van der Waals surface area (Å²) in [7, 11) is 0. The molecule has 0 bridgehead atoms. The zero-order chi connectivity index (χ0) is 19.6. The van der Waals surface area contributed by atoms with Crippen LogP contribution in [0, 0.1) is 12.8 Å².